The number of nitrogens with zero attached hydrogens (tertiary/aromatic N) is 2. The fraction of sp³-hybridized carbons (Fsp3) is 0.231. The Kier molecular flexibility index (Phi) is 6.61. The largest absolute Gasteiger partial charge is 0.494 e. The molecule has 0 unspecified atom stereocenters. The lowest BCUT2D eigenvalue weighted by molar-refractivity contribution is -0.112. The van der Waals surface area contributed by atoms with Crippen LogP contribution in [0.5, 0.6) is 5.75 Å². The molecule has 1 aromatic heterocycles. The molecule has 0 bridgehead atoms. The molecule has 5 heteroatoms. The van der Waals surface area contributed by atoms with Crippen molar-refractivity contribution < 1.29 is 9.53 Å². The third kappa shape index (κ3) is 5.04. The summed E-state index contributed by atoms with van der Waals surface area (Å²) in [5.74, 6) is 0.215. The smallest absolute Gasteiger partial charge is 0.266 e. The zero-order chi connectivity index (χ0) is 22.5. The lowest BCUT2D eigenvalue weighted by Gasteiger charge is -2.12. The number of carbonyl (C=O) groups excluding carboxylic acids is 1. The standard InChI is InChI=1S/C26H27N3O2/c1-6-31-25-9-7-8-23(15-25)28-26(30)22(16-27)14-21-13-19(4)29(20(21)5)24-11-17(2)10-18(3)12-24/h7-15H,6H2,1-5H3,(H,28,30). The molecule has 0 spiro atoms. The number of nitrogens with one attached hydrogen (secondary N) is 1. The van der Waals surface area contributed by atoms with Crippen molar-refractivity contribution in [1.29, 1.82) is 5.26 Å². The second-order valence-electron chi connectivity index (χ2n) is 7.59. The Hall–Kier alpha value is -3.78. The van der Waals surface area contributed by atoms with Crippen LogP contribution in [0, 0.1) is 39.0 Å². The molecule has 0 saturated heterocycles. The Balaban J connectivity index is 1.91. The third-order valence-electron chi connectivity index (χ3n) is 5.00. The first kappa shape index (κ1) is 21.9. The van der Waals surface area contributed by atoms with Gasteiger partial charge in [0.25, 0.3) is 5.91 Å². The highest BCUT2D eigenvalue weighted by Crippen LogP contribution is 2.25. The molecule has 3 aromatic rings. The van der Waals surface area contributed by atoms with Crippen LogP contribution in [0.2, 0.25) is 0 Å². The Morgan fingerprint density at radius 3 is 2.45 bits per heavy atom. The number of hydrogen-bond acceptors (Lipinski definition) is 3. The van der Waals surface area contributed by atoms with Gasteiger partial charge in [0, 0.05) is 28.8 Å². The zero-order valence-corrected chi connectivity index (χ0v) is 18.6. The molecule has 2 aromatic carbocycles. The molecule has 1 N–H and O–H groups in total. The first-order chi connectivity index (χ1) is 14.8. The number of ether oxygens (including phenoxy) is 1. The fourth-order valence-electron chi connectivity index (χ4n) is 3.74. The highest BCUT2D eigenvalue weighted by atomic mass is 16.5. The summed E-state index contributed by atoms with van der Waals surface area (Å²) < 4.78 is 7.61. The molecule has 3 rings (SSSR count). The number of hydrogen-bond donors (Lipinski definition) is 1. The summed E-state index contributed by atoms with van der Waals surface area (Å²) in [7, 11) is 0. The number of aryl methyl sites for hydroxylation is 3. The third-order valence-corrected chi connectivity index (χ3v) is 5.00. The van der Waals surface area contributed by atoms with Crippen LogP contribution in [0.1, 0.15) is 35.0 Å². The highest BCUT2D eigenvalue weighted by Gasteiger charge is 2.14. The van der Waals surface area contributed by atoms with Gasteiger partial charge < -0.3 is 14.6 Å². The summed E-state index contributed by atoms with van der Waals surface area (Å²) in [6, 6.07) is 17.5. The monoisotopic (exact) mass is 413 g/mol. The Morgan fingerprint density at radius 1 is 1.10 bits per heavy atom. The van der Waals surface area contributed by atoms with Gasteiger partial charge in [0.05, 0.1) is 6.61 Å². The van der Waals surface area contributed by atoms with Crippen molar-refractivity contribution in [3.63, 3.8) is 0 Å². The Labute approximate surface area is 183 Å². The van der Waals surface area contributed by atoms with E-state index in [0.717, 1.165) is 22.6 Å². The molecule has 0 radical (unpaired) electrons. The van der Waals surface area contributed by atoms with Gasteiger partial charge in [0.15, 0.2) is 0 Å². The van der Waals surface area contributed by atoms with E-state index in [1.165, 1.54) is 11.1 Å². The van der Waals surface area contributed by atoms with Gasteiger partial charge >= 0.3 is 0 Å². The molecular formula is C26H27N3O2. The van der Waals surface area contributed by atoms with E-state index in [0.29, 0.717) is 18.0 Å². The molecule has 0 saturated carbocycles. The number of amides is 1. The average molecular weight is 414 g/mol. The van der Waals surface area contributed by atoms with E-state index in [-0.39, 0.29) is 5.57 Å². The lowest BCUT2D eigenvalue weighted by Crippen LogP contribution is -2.13. The SMILES string of the molecule is CCOc1cccc(NC(=O)C(C#N)=Cc2cc(C)n(-c3cc(C)cc(C)c3)c2C)c1. The van der Waals surface area contributed by atoms with E-state index >= 15 is 0 Å². The van der Waals surface area contributed by atoms with Crippen molar-refractivity contribution in [2.24, 2.45) is 0 Å². The minimum Gasteiger partial charge on any atom is -0.494 e. The Bertz CT molecular complexity index is 1180. The highest BCUT2D eigenvalue weighted by molar-refractivity contribution is 6.09. The zero-order valence-electron chi connectivity index (χ0n) is 18.6. The van der Waals surface area contributed by atoms with E-state index in [1.807, 2.05) is 39.0 Å². The molecule has 158 valence electrons. The van der Waals surface area contributed by atoms with E-state index in [4.69, 9.17) is 4.74 Å². The normalized spacial score (nSPS) is 11.2. The van der Waals surface area contributed by atoms with Crippen molar-refractivity contribution in [2.75, 3.05) is 11.9 Å². The van der Waals surface area contributed by atoms with Crippen molar-refractivity contribution in [2.45, 2.75) is 34.6 Å². The van der Waals surface area contributed by atoms with Crippen molar-refractivity contribution in [3.05, 3.63) is 82.2 Å². The van der Waals surface area contributed by atoms with Crippen LogP contribution in [0.25, 0.3) is 11.8 Å². The summed E-state index contributed by atoms with van der Waals surface area (Å²) in [4.78, 5) is 12.7. The van der Waals surface area contributed by atoms with Gasteiger partial charge in [-0.25, -0.2) is 0 Å². The van der Waals surface area contributed by atoms with Crippen LogP contribution in [0.15, 0.2) is 54.1 Å². The molecule has 0 fully saturated rings. The van der Waals surface area contributed by atoms with E-state index in [1.54, 1.807) is 24.3 Å². The van der Waals surface area contributed by atoms with E-state index < -0.39 is 5.91 Å². The number of anilines is 1. The van der Waals surface area contributed by atoms with E-state index in [2.05, 4.69) is 41.9 Å². The average Bonchev–Trinajstić information content (AvgIpc) is 2.98. The number of aromatic nitrogens is 1. The number of nitriles is 1. The molecule has 31 heavy (non-hydrogen) atoms. The summed E-state index contributed by atoms with van der Waals surface area (Å²) in [5.41, 5.74) is 6.92. The maximum absolute atomic E-state index is 12.7. The molecule has 5 nitrogen and oxygen atoms in total. The molecule has 1 heterocycles. The maximum atomic E-state index is 12.7. The van der Waals surface area contributed by atoms with Crippen LogP contribution in [0.4, 0.5) is 5.69 Å². The van der Waals surface area contributed by atoms with Gasteiger partial charge in [-0.3, -0.25) is 4.79 Å². The van der Waals surface area contributed by atoms with Crippen molar-refractivity contribution in [1.82, 2.24) is 4.57 Å². The summed E-state index contributed by atoms with van der Waals surface area (Å²) in [6.07, 6.45) is 1.64. The van der Waals surface area contributed by atoms with Gasteiger partial charge in [-0.15, -0.1) is 0 Å². The summed E-state index contributed by atoms with van der Waals surface area (Å²) in [5, 5.41) is 12.4. The maximum Gasteiger partial charge on any atom is 0.266 e. The van der Waals surface area contributed by atoms with Crippen molar-refractivity contribution >= 4 is 17.7 Å². The molecule has 0 aliphatic rings. The van der Waals surface area contributed by atoms with Crippen LogP contribution < -0.4 is 10.1 Å². The van der Waals surface area contributed by atoms with Gasteiger partial charge in [-0.05, 0) is 87.7 Å². The predicted octanol–water partition coefficient (Wildman–Crippen LogP) is 5.66. The van der Waals surface area contributed by atoms with Gasteiger partial charge in [-0.1, -0.05) is 12.1 Å². The second kappa shape index (κ2) is 9.36. The number of rotatable bonds is 6. The topological polar surface area (TPSA) is 67.0 Å². The molecule has 0 aliphatic carbocycles. The summed E-state index contributed by atoms with van der Waals surface area (Å²) >= 11 is 0. The van der Waals surface area contributed by atoms with Crippen LogP contribution in [-0.2, 0) is 4.79 Å². The van der Waals surface area contributed by atoms with Crippen molar-refractivity contribution in [3.8, 4) is 17.5 Å². The number of benzene rings is 2. The fourth-order valence-corrected chi connectivity index (χ4v) is 3.74. The minimum atomic E-state index is -0.452. The molecule has 1 amide bonds. The van der Waals surface area contributed by atoms with Gasteiger partial charge in [0.2, 0.25) is 0 Å². The van der Waals surface area contributed by atoms with Gasteiger partial charge in [0.1, 0.15) is 17.4 Å². The lowest BCUT2D eigenvalue weighted by atomic mass is 10.1. The first-order valence-electron chi connectivity index (χ1n) is 10.3. The number of carbonyl (C=O) groups is 1. The minimum absolute atomic E-state index is 0.0440. The predicted molar refractivity (Wildman–Crippen MR) is 125 cm³/mol. The first-order valence-corrected chi connectivity index (χ1v) is 10.3. The second-order valence-corrected chi connectivity index (χ2v) is 7.59. The van der Waals surface area contributed by atoms with Gasteiger partial charge in [-0.2, -0.15) is 5.26 Å². The van der Waals surface area contributed by atoms with Crippen LogP contribution in [-0.4, -0.2) is 17.1 Å². The Morgan fingerprint density at radius 2 is 1.81 bits per heavy atom. The van der Waals surface area contributed by atoms with Crippen LogP contribution >= 0.6 is 0 Å². The molecule has 0 atom stereocenters. The van der Waals surface area contributed by atoms with E-state index in [9.17, 15) is 10.1 Å². The molecule has 0 aliphatic heterocycles. The summed E-state index contributed by atoms with van der Waals surface area (Å²) in [6.45, 7) is 10.6. The quantitative estimate of drug-likeness (QED) is 0.419. The molecular weight excluding hydrogens is 386 g/mol. The van der Waals surface area contributed by atoms with Crippen LogP contribution in [0.3, 0.4) is 0 Å².